The monoisotopic (exact) mass is 326 g/mol. The molecule has 1 aliphatic rings. The zero-order valence-electron chi connectivity index (χ0n) is 11.7. The molecule has 0 spiro atoms. The maximum atomic E-state index is 5.85. The number of nitrogens with one attached hydrogen (secondary N) is 1. The first-order chi connectivity index (χ1) is 9.08. The maximum Gasteiger partial charge on any atom is 0.0435 e. The third-order valence-corrected chi connectivity index (χ3v) is 4.84. The van der Waals surface area contributed by atoms with Gasteiger partial charge in [-0.3, -0.25) is 16.3 Å². The van der Waals surface area contributed by atoms with E-state index in [0.29, 0.717) is 0 Å². The Labute approximate surface area is 123 Å². The maximum absolute atomic E-state index is 5.85. The molecule has 0 saturated heterocycles. The van der Waals surface area contributed by atoms with E-state index in [4.69, 9.17) is 5.84 Å². The van der Waals surface area contributed by atoms with Crippen molar-refractivity contribution < 1.29 is 0 Å². The number of aromatic nitrogens is 1. The Kier molecular flexibility index (Phi) is 4.95. The summed E-state index contributed by atoms with van der Waals surface area (Å²) in [4.78, 5) is 6.58. The summed E-state index contributed by atoms with van der Waals surface area (Å²) < 4.78 is 1.02. The number of rotatable bonds is 5. The molecular formula is C14H23BrN4. The van der Waals surface area contributed by atoms with Gasteiger partial charge in [0.15, 0.2) is 0 Å². The van der Waals surface area contributed by atoms with Crippen molar-refractivity contribution in [3.05, 3.63) is 28.5 Å². The van der Waals surface area contributed by atoms with E-state index >= 15 is 0 Å². The van der Waals surface area contributed by atoms with Crippen LogP contribution >= 0.6 is 15.9 Å². The SMILES string of the molecule is CN(C)C1(C(Cc2cncc(Br)c2)NN)CCCC1. The van der Waals surface area contributed by atoms with Crippen LogP contribution in [0.2, 0.25) is 0 Å². The molecule has 4 nitrogen and oxygen atoms in total. The lowest BCUT2D eigenvalue weighted by Crippen LogP contribution is -2.60. The summed E-state index contributed by atoms with van der Waals surface area (Å²) in [5.74, 6) is 5.85. The molecule has 1 aliphatic carbocycles. The minimum absolute atomic E-state index is 0.164. The van der Waals surface area contributed by atoms with Crippen LogP contribution in [0.5, 0.6) is 0 Å². The normalized spacial score (nSPS) is 19.8. The molecule has 106 valence electrons. The van der Waals surface area contributed by atoms with Crippen LogP contribution in [0, 0.1) is 0 Å². The summed E-state index contributed by atoms with van der Waals surface area (Å²) in [6, 6.07) is 2.37. The van der Waals surface area contributed by atoms with Crippen LogP contribution in [-0.2, 0) is 6.42 Å². The van der Waals surface area contributed by atoms with Crippen molar-refractivity contribution in [1.29, 1.82) is 0 Å². The number of hydrogen-bond acceptors (Lipinski definition) is 4. The molecule has 2 rings (SSSR count). The van der Waals surface area contributed by atoms with E-state index in [-0.39, 0.29) is 11.6 Å². The molecule has 1 fully saturated rings. The zero-order chi connectivity index (χ0) is 13.9. The fourth-order valence-corrected chi connectivity index (χ4v) is 3.71. The molecule has 0 radical (unpaired) electrons. The molecule has 3 N–H and O–H groups in total. The number of hydrazine groups is 1. The van der Waals surface area contributed by atoms with Crippen molar-refractivity contribution in [2.45, 2.75) is 43.7 Å². The van der Waals surface area contributed by atoms with Gasteiger partial charge in [-0.25, -0.2) is 0 Å². The summed E-state index contributed by atoms with van der Waals surface area (Å²) in [6.45, 7) is 0. The Hall–Kier alpha value is -0.490. The van der Waals surface area contributed by atoms with E-state index in [1.54, 1.807) is 0 Å². The molecule has 1 unspecified atom stereocenters. The molecule has 0 aromatic carbocycles. The van der Waals surface area contributed by atoms with E-state index in [9.17, 15) is 0 Å². The second kappa shape index (κ2) is 6.31. The van der Waals surface area contributed by atoms with Crippen LogP contribution in [0.3, 0.4) is 0 Å². The molecule has 1 aromatic heterocycles. The van der Waals surface area contributed by atoms with Gasteiger partial charge in [-0.2, -0.15) is 0 Å². The van der Waals surface area contributed by atoms with Gasteiger partial charge in [-0.05, 0) is 60.9 Å². The first-order valence-electron chi connectivity index (χ1n) is 6.81. The highest BCUT2D eigenvalue weighted by Gasteiger charge is 2.42. The van der Waals surface area contributed by atoms with Crippen molar-refractivity contribution in [2.75, 3.05) is 14.1 Å². The van der Waals surface area contributed by atoms with Crippen molar-refractivity contribution in [3.63, 3.8) is 0 Å². The minimum atomic E-state index is 0.164. The van der Waals surface area contributed by atoms with Crippen LogP contribution in [0.15, 0.2) is 22.9 Å². The molecule has 1 heterocycles. The summed E-state index contributed by atoms with van der Waals surface area (Å²) in [6.07, 6.45) is 9.62. The Balaban J connectivity index is 2.19. The van der Waals surface area contributed by atoms with Gasteiger partial charge in [0.2, 0.25) is 0 Å². The number of likely N-dealkylation sites (N-methyl/N-ethyl adjacent to an activating group) is 1. The van der Waals surface area contributed by atoms with Gasteiger partial charge in [0.1, 0.15) is 0 Å². The fourth-order valence-electron chi connectivity index (χ4n) is 3.30. The highest BCUT2D eigenvalue weighted by Crippen LogP contribution is 2.37. The summed E-state index contributed by atoms with van der Waals surface area (Å²) in [5, 5.41) is 0. The average Bonchev–Trinajstić information content (AvgIpc) is 2.86. The third-order valence-electron chi connectivity index (χ3n) is 4.41. The Morgan fingerprint density at radius 3 is 2.63 bits per heavy atom. The Morgan fingerprint density at radius 2 is 2.11 bits per heavy atom. The predicted octanol–water partition coefficient (Wildman–Crippen LogP) is 2.09. The van der Waals surface area contributed by atoms with Crippen LogP contribution < -0.4 is 11.3 Å². The molecule has 5 heteroatoms. The van der Waals surface area contributed by atoms with E-state index in [2.05, 4.69) is 51.4 Å². The molecule has 19 heavy (non-hydrogen) atoms. The van der Waals surface area contributed by atoms with Crippen molar-refractivity contribution in [1.82, 2.24) is 15.3 Å². The van der Waals surface area contributed by atoms with Crippen LogP contribution in [0.1, 0.15) is 31.2 Å². The topological polar surface area (TPSA) is 54.2 Å². The third kappa shape index (κ3) is 3.16. The molecule has 1 aromatic rings. The molecule has 0 amide bonds. The van der Waals surface area contributed by atoms with E-state index in [1.165, 1.54) is 31.2 Å². The van der Waals surface area contributed by atoms with Gasteiger partial charge in [0.25, 0.3) is 0 Å². The van der Waals surface area contributed by atoms with Crippen molar-refractivity contribution >= 4 is 15.9 Å². The first kappa shape index (κ1) is 14.9. The second-order valence-corrected chi connectivity index (χ2v) is 6.56. The largest absolute Gasteiger partial charge is 0.302 e. The second-order valence-electron chi connectivity index (χ2n) is 5.64. The van der Waals surface area contributed by atoms with Crippen LogP contribution in [0.4, 0.5) is 0 Å². The number of halogens is 1. The smallest absolute Gasteiger partial charge is 0.0435 e. The molecular weight excluding hydrogens is 304 g/mol. The minimum Gasteiger partial charge on any atom is -0.302 e. The van der Waals surface area contributed by atoms with E-state index in [1.807, 2.05) is 12.4 Å². The molecule has 0 bridgehead atoms. The molecule has 1 atom stereocenters. The first-order valence-corrected chi connectivity index (χ1v) is 7.61. The van der Waals surface area contributed by atoms with E-state index < -0.39 is 0 Å². The summed E-state index contributed by atoms with van der Waals surface area (Å²) >= 11 is 3.48. The summed E-state index contributed by atoms with van der Waals surface area (Å²) in [7, 11) is 4.32. The fraction of sp³-hybridized carbons (Fsp3) is 0.643. The number of nitrogens with two attached hydrogens (primary N) is 1. The Morgan fingerprint density at radius 1 is 1.42 bits per heavy atom. The number of pyridine rings is 1. The lowest BCUT2D eigenvalue weighted by Gasteiger charge is -2.43. The lowest BCUT2D eigenvalue weighted by molar-refractivity contribution is 0.104. The van der Waals surface area contributed by atoms with Crippen LogP contribution in [0.25, 0.3) is 0 Å². The van der Waals surface area contributed by atoms with Gasteiger partial charge >= 0.3 is 0 Å². The predicted molar refractivity (Wildman–Crippen MR) is 81.6 cm³/mol. The van der Waals surface area contributed by atoms with Gasteiger partial charge in [0.05, 0.1) is 0 Å². The standard InChI is InChI=1S/C14H23BrN4/c1-19(2)14(5-3-4-6-14)13(18-16)8-11-7-12(15)10-17-9-11/h7,9-10,13,18H,3-6,8,16H2,1-2H3. The number of hydrogen-bond donors (Lipinski definition) is 2. The lowest BCUT2D eigenvalue weighted by atomic mass is 9.83. The summed E-state index contributed by atoms with van der Waals surface area (Å²) in [5.41, 5.74) is 4.43. The van der Waals surface area contributed by atoms with E-state index in [0.717, 1.165) is 10.9 Å². The van der Waals surface area contributed by atoms with Gasteiger partial charge in [-0.1, -0.05) is 12.8 Å². The van der Waals surface area contributed by atoms with Crippen molar-refractivity contribution in [2.24, 2.45) is 5.84 Å². The van der Waals surface area contributed by atoms with Gasteiger partial charge in [0, 0.05) is 28.4 Å². The quantitative estimate of drug-likeness (QED) is 0.642. The zero-order valence-corrected chi connectivity index (χ0v) is 13.3. The molecule has 0 aliphatic heterocycles. The average molecular weight is 327 g/mol. The van der Waals surface area contributed by atoms with Gasteiger partial charge in [-0.15, -0.1) is 0 Å². The number of nitrogens with zero attached hydrogens (tertiary/aromatic N) is 2. The molecule has 1 saturated carbocycles. The van der Waals surface area contributed by atoms with Crippen LogP contribution in [-0.4, -0.2) is 35.6 Å². The Bertz CT molecular complexity index is 416. The highest BCUT2D eigenvalue weighted by atomic mass is 79.9. The van der Waals surface area contributed by atoms with Gasteiger partial charge < -0.3 is 4.90 Å². The van der Waals surface area contributed by atoms with Crippen molar-refractivity contribution in [3.8, 4) is 0 Å². The highest BCUT2D eigenvalue weighted by molar-refractivity contribution is 9.10.